The second-order valence-electron chi connectivity index (χ2n) is 5.40. The zero-order valence-electron chi connectivity index (χ0n) is 11.7. The van der Waals surface area contributed by atoms with Gasteiger partial charge in [0.1, 0.15) is 12.2 Å². The SMILES string of the molecule is CCC1CC(C(=O)O)C(C(=O)NC(C)c2ncn[nH]2)C1. The molecule has 7 nitrogen and oxygen atoms in total. The molecular weight excluding hydrogens is 260 g/mol. The number of H-pyrrole nitrogens is 1. The molecule has 1 aliphatic carbocycles. The summed E-state index contributed by atoms with van der Waals surface area (Å²) in [6, 6.07) is -0.305. The van der Waals surface area contributed by atoms with Crippen LogP contribution in [0.25, 0.3) is 0 Å². The largest absolute Gasteiger partial charge is 0.481 e. The lowest BCUT2D eigenvalue weighted by molar-refractivity contribution is -0.146. The van der Waals surface area contributed by atoms with E-state index in [1.165, 1.54) is 6.33 Å². The van der Waals surface area contributed by atoms with Crippen LogP contribution >= 0.6 is 0 Å². The molecule has 4 unspecified atom stereocenters. The number of carbonyl (C=O) groups excluding carboxylic acids is 1. The zero-order valence-corrected chi connectivity index (χ0v) is 11.7. The van der Waals surface area contributed by atoms with E-state index in [1.54, 1.807) is 6.92 Å². The van der Waals surface area contributed by atoms with E-state index < -0.39 is 17.8 Å². The fourth-order valence-electron chi connectivity index (χ4n) is 2.85. The maximum atomic E-state index is 12.3. The highest BCUT2D eigenvalue weighted by Crippen LogP contribution is 2.38. The van der Waals surface area contributed by atoms with Gasteiger partial charge in [0.15, 0.2) is 0 Å². The third kappa shape index (κ3) is 2.97. The Bertz CT molecular complexity index is 474. The van der Waals surface area contributed by atoms with Gasteiger partial charge >= 0.3 is 5.97 Å². The van der Waals surface area contributed by atoms with Gasteiger partial charge < -0.3 is 10.4 Å². The Balaban J connectivity index is 2.02. The summed E-state index contributed by atoms with van der Waals surface area (Å²) in [6.07, 6.45) is 3.51. The summed E-state index contributed by atoms with van der Waals surface area (Å²) >= 11 is 0. The summed E-state index contributed by atoms with van der Waals surface area (Å²) in [5.74, 6) is -1.25. The monoisotopic (exact) mass is 280 g/mol. The van der Waals surface area contributed by atoms with Gasteiger partial charge in [-0.15, -0.1) is 0 Å². The second-order valence-corrected chi connectivity index (χ2v) is 5.40. The topological polar surface area (TPSA) is 108 Å². The predicted molar refractivity (Wildman–Crippen MR) is 70.6 cm³/mol. The van der Waals surface area contributed by atoms with Gasteiger partial charge in [-0.05, 0) is 25.7 Å². The molecule has 0 saturated heterocycles. The molecule has 0 bridgehead atoms. The molecule has 0 radical (unpaired) electrons. The number of aromatic nitrogens is 3. The highest BCUT2D eigenvalue weighted by Gasteiger charge is 2.42. The molecule has 1 amide bonds. The molecule has 0 spiro atoms. The van der Waals surface area contributed by atoms with Crippen LogP contribution in [0.2, 0.25) is 0 Å². The summed E-state index contributed by atoms with van der Waals surface area (Å²) in [5.41, 5.74) is 0. The van der Waals surface area contributed by atoms with Gasteiger partial charge in [0.05, 0.1) is 17.9 Å². The molecule has 1 aromatic rings. The van der Waals surface area contributed by atoms with Gasteiger partial charge in [0.25, 0.3) is 0 Å². The predicted octanol–water partition coefficient (Wildman–Crippen LogP) is 1.12. The number of carboxylic acid groups (broad SMARTS) is 1. The van der Waals surface area contributed by atoms with Crippen LogP contribution in [0.4, 0.5) is 0 Å². The Labute approximate surface area is 117 Å². The smallest absolute Gasteiger partial charge is 0.307 e. The average molecular weight is 280 g/mol. The van der Waals surface area contributed by atoms with Crippen LogP contribution in [0.1, 0.15) is 45.0 Å². The number of carbonyl (C=O) groups is 2. The molecule has 1 aromatic heterocycles. The molecule has 20 heavy (non-hydrogen) atoms. The molecule has 0 aromatic carbocycles. The molecule has 1 aliphatic rings. The number of amides is 1. The lowest BCUT2D eigenvalue weighted by Crippen LogP contribution is -2.37. The number of nitrogens with zero attached hydrogens (tertiary/aromatic N) is 2. The van der Waals surface area contributed by atoms with E-state index in [4.69, 9.17) is 0 Å². The van der Waals surface area contributed by atoms with Crippen molar-refractivity contribution in [2.45, 2.75) is 39.2 Å². The molecule has 4 atom stereocenters. The van der Waals surface area contributed by atoms with Crippen LogP contribution in [-0.2, 0) is 9.59 Å². The lowest BCUT2D eigenvalue weighted by Gasteiger charge is -2.18. The quantitative estimate of drug-likeness (QED) is 0.749. The van der Waals surface area contributed by atoms with E-state index in [9.17, 15) is 14.7 Å². The van der Waals surface area contributed by atoms with Gasteiger partial charge in [0.2, 0.25) is 5.91 Å². The van der Waals surface area contributed by atoms with E-state index >= 15 is 0 Å². The van der Waals surface area contributed by atoms with Crippen molar-refractivity contribution in [3.05, 3.63) is 12.2 Å². The van der Waals surface area contributed by atoms with Crippen LogP contribution in [-0.4, -0.2) is 32.2 Å². The average Bonchev–Trinajstić information content (AvgIpc) is 3.07. The number of rotatable bonds is 5. The highest BCUT2D eigenvalue weighted by atomic mass is 16.4. The van der Waals surface area contributed by atoms with Crippen molar-refractivity contribution in [1.82, 2.24) is 20.5 Å². The molecule has 0 aliphatic heterocycles. The minimum Gasteiger partial charge on any atom is -0.481 e. The number of aromatic amines is 1. The van der Waals surface area contributed by atoms with Crippen LogP contribution in [0, 0.1) is 17.8 Å². The molecule has 1 heterocycles. The molecular formula is C13H20N4O3. The maximum Gasteiger partial charge on any atom is 0.307 e. The molecule has 1 fully saturated rings. The normalized spacial score (nSPS) is 27.2. The van der Waals surface area contributed by atoms with Gasteiger partial charge in [-0.3, -0.25) is 14.7 Å². The van der Waals surface area contributed by atoms with Gasteiger partial charge in [-0.25, -0.2) is 4.98 Å². The van der Waals surface area contributed by atoms with Gasteiger partial charge in [0, 0.05) is 0 Å². The van der Waals surface area contributed by atoms with E-state index in [2.05, 4.69) is 20.5 Å². The Morgan fingerprint density at radius 2 is 2.20 bits per heavy atom. The first-order valence-corrected chi connectivity index (χ1v) is 6.91. The number of hydrogen-bond donors (Lipinski definition) is 3. The number of carboxylic acids is 1. The van der Waals surface area contributed by atoms with Crippen molar-refractivity contribution >= 4 is 11.9 Å². The summed E-state index contributed by atoms with van der Waals surface area (Å²) in [4.78, 5) is 27.6. The molecule has 3 N–H and O–H groups in total. The van der Waals surface area contributed by atoms with Crippen molar-refractivity contribution in [2.24, 2.45) is 17.8 Å². The Kier molecular flexibility index (Phi) is 4.36. The highest BCUT2D eigenvalue weighted by molar-refractivity contribution is 5.85. The summed E-state index contributed by atoms with van der Waals surface area (Å²) < 4.78 is 0. The zero-order chi connectivity index (χ0) is 14.7. The second kappa shape index (κ2) is 6.02. The van der Waals surface area contributed by atoms with Crippen LogP contribution in [0.5, 0.6) is 0 Å². The summed E-state index contributed by atoms with van der Waals surface area (Å²) in [5, 5.41) is 18.5. The Morgan fingerprint density at radius 1 is 1.50 bits per heavy atom. The molecule has 110 valence electrons. The first kappa shape index (κ1) is 14.5. The van der Waals surface area contributed by atoms with E-state index in [0.717, 1.165) is 6.42 Å². The number of aliphatic carboxylic acids is 1. The van der Waals surface area contributed by atoms with Crippen molar-refractivity contribution in [3.8, 4) is 0 Å². The fourth-order valence-corrected chi connectivity index (χ4v) is 2.85. The number of hydrogen-bond acceptors (Lipinski definition) is 4. The Morgan fingerprint density at radius 3 is 2.75 bits per heavy atom. The minimum absolute atomic E-state index is 0.211. The third-order valence-corrected chi connectivity index (χ3v) is 4.09. The first-order chi connectivity index (χ1) is 9.52. The Hall–Kier alpha value is -1.92. The standard InChI is InChI=1S/C13H20N4O3/c1-3-8-4-9(10(5-8)13(19)20)12(18)16-7(2)11-14-6-15-17-11/h6-10H,3-5H2,1-2H3,(H,16,18)(H,19,20)(H,14,15,17). The van der Waals surface area contributed by atoms with Crippen molar-refractivity contribution < 1.29 is 14.7 Å². The van der Waals surface area contributed by atoms with Crippen molar-refractivity contribution in [2.75, 3.05) is 0 Å². The molecule has 7 heteroatoms. The summed E-state index contributed by atoms with van der Waals surface area (Å²) in [6.45, 7) is 3.82. The third-order valence-electron chi connectivity index (χ3n) is 4.09. The number of nitrogens with one attached hydrogen (secondary N) is 2. The fraction of sp³-hybridized carbons (Fsp3) is 0.692. The van der Waals surface area contributed by atoms with E-state index in [1.807, 2.05) is 6.92 Å². The van der Waals surface area contributed by atoms with E-state index in [-0.39, 0.29) is 11.9 Å². The van der Waals surface area contributed by atoms with Crippen LogP contribution in [0.3, 0.4) is 0 Å². The van der Waals surface area contributed by atoms with Crippen LogP contribution < -0.4 is 5.32 Å². The van der Waals surface area contributed by atoms with Crippen molar-refractivity contribution in [1.29, 1.82) is 0 Å². The van der Waals surface area contributed by atoms with Crippen molar-refractivity contribution in [3.63, 3.8) is 0 Å². The lowest BCUT2D eigenvalue weighted by atomic mass is 9.95. The van der Waals surface area contributed by atoms with E-state index in [0.29, 0.717) is 24.6 Å². The first-order valence-electron chi connectivity index (χ1n) is 6.91. The van der Waals surface area contributed by atoms with Crippen LogP contribution in [0.15, 0.2) is 6.33 Å². The summed E-state index contributed by atoms with van der Waals surface area (Å²) in [7, 11) is 0. The maximum absolute atomic E-state index is 12.3. The van der Waals surface area contributed by atoms with Gasteiger partial charge in [-0.1, -0.05) is 13.3 Å². The molecule has 2 rings (SSSR count). The van der Waals surface area contributed by atoms with Gasteiger partial charge in [-0.2, -0.15) is 5.10 Å². The minimum atomic E-state index is -0.881. The molecule has 1 saturated carbocycles.